The van der Waals surface area contributed by atoms with Gasteiger partial charge in [0.1, 0.15) is 0 Å². The Morgan fingerprint density at radius 3 is 2.09 bits per heavy atom. The predicted octanol–water partition coefficient (Wildman–Crippen LogP) is 3.73. The van der Waals surface area contributed by atoms with E-state index in [1.807, 2.05) is 19.1 Å². The Morgan fingerprint density at radius 2 is 1.50 bits per heavy atom. The number of carbonyl (C=O) groups is 4. The molecule has 7 nitrogen and oxygen atoms in total. The Bertz CT molecular complexity index is 1010. The highest BCUT2D eigenvalue weighted by molar-refractivity contribution is 6.02. The normalized spacial score (nSPS) is 16.7. The number of Topliss-reactive ketones (excluding diaryl/α,β-unsaturated/α-hetero) is 1. The summed E-state index contributed by atoms with van der Waals surface area (Å²) in [7, 11) is 0. The molecule has 1 fully saturated rings. The second-order valence-electron chi connectivity index (χ2n) is 8.22. The Labute approximate surface area is 187 Å². The van der Waals surface area contributed by atoms with Crippen molar-refractivity contribution in [3.05, 3.63) is 65.2 Å². The maximum absolute atomic E-state index is 12.6. The van der Waals surface area contributed by atoms with Gasteiger partial charge in [0.25, 0.3) is 0 Å². The SMILES string of the molecule is Cc1ccc(C(=O)[C@@H](C)OC(=O)[C@H]2CC(=O)N(c3ccc(C(=O)OC(C)C)cc3)C2)cc1. The van der Waals surface area contributed by atoms with Gasteiger partial charge in [-0.1, -0.05) is 29.8 Å². The van der Waals surface area contributed by atoms with E-state index < -0.39 is 24.0 Å². The van der Waals surface area contributed by atoms with Gasteiger partial charge in [-0.2, -0.15) is 0 Å². The molecule has 3 rings (SSSR count). The van der Waals surface area contributed by atoms with Crippen LogP contribution in [0.4, 0.5) is 5.69 Å². The summed E-state index contributed by atoms with van der Waals surface area (Å²) in [6, 6.07) is 13.5. The van der Waals surface area contributed by atoms with Crippen LogP contribution in [-0.4, -0.2) is 42.4 Å². The van der Waals surface area contributed by atoms with Crippen LogP contribution in [0.15, 0.2) is 48.5 Å². The van der Waals surface area contributed by atoms with E-state index in [-0.39, 0.29) is 30.8 Å². The van der Waals surface area contributed by atoms with Crippen LogP contribution in [0.25, 0.3) is 0 Å². The number of benzene rings is 2. The van der Waals surface area contributed by atoms with Crippen molar-refractivity contribution in [2.45, 2.75) is 46.3 Å². The van der Waals surface area contributed by atoms with Crippen molar-refractivity contribution in [2.75, 3.05) is 11.4 Å². The van der Waals surface area contributed by atoms with Crippen LogP contribution in [-0.2, 0) is 19.1 Å². The van der Waals surface area contributed by atoms with Crippen molar-refractivity contribution in [1.82, 2.24) is 0 Å². The van der Waals surface area contributed by atoms with Gasteiger partial charge in [-0.25, -0.2) is 4.79 Å². The second-order valence-corrected chi connectivity index (χ2v) is 8.22. The third-order valence-corrected chi connectivity index (χ3v) is 5.21. The van der Waals surface area contributed by atoms with E-state index in [1.165, 1.54) is 11.8 Å². The van der Waals surface area contributed by atoms with Gasteiger partial charge >= 0.3 is 11.9 Å². The highest BCUT2D eigenvalue weighted by atomic mass is 16.5. The Balaban J connectivity index is 1.61. The largest absolute Gasteiger partial charge is 0.459 e. The first kappa shape index (κ1) is 23.2. The average molecular weight is 437 g/mol. The molecule has 1 heterocycles. The number of nitrogens with zero attached hydrogens (tertiary/aromatic N) is 1. The van der Waals surface area contributed by atoms with Gasteiger partial charge in [0, 0.05) is 24.2 Å². The van der Waals surface area contributed by atoms with Crippen LogP contribution in [0.3, 0.4) is 0 Å². The summed E-state index contributed by atoms with van der Waals surface area (Å²) in [5, 5.41) is 0. The van der Waals surface area contributed by atoms with E-state index in [0.29, 0.717) is 16.8 Å². The molecule has 2 atom stereocenters. The molecule has 2 aromatic carbocycles. The highest BCUT2D eigenvalue weighted by Gasteiger charge is 2.37. The summed E-state index contributed by atoms with van der Waals surface area (Å²) in [5.74, 6) is -2.19. The first-order valence-electron chi connectivity index (χ1n) is 10.6. The third-order valence-electron chi connectivity index (χ3n) is 5.21. The smallest absolute Gasteiger partial charge is 0.338 e. The highest BCUT2D eigenvalue weighted by Crippen LogP contribution is 2.27. The molecule has 1 amide bonds. The number of aryl methyl sites for hydroxylation is 1. The molecule has 32 heavy (non-hydrogen) atoms. The van der Waals surface area contributed by atoms with E-state index in [2.05, 4.69) is 0 Å². The molecule has 0 N–H and O–H groups in total. The molecule has 1 saturated heterocycles. The number of esters is 2. The minimum absolute atomic E-state index is 0.00141. The second kappa shape index (κ2) is 9.77. The number of rotatable bonds is 7. The first-order chi connectivity index (χ1) is 15.2. The Morgan fingerprint density at radius 1 is 0.906 bits per heavy atom. The molecular weight excluding hydrogens is 410 g/mol. The Hall–Kier alpha value is -3.48. The molecule has 7 heteroatoms. The molecule has 2 aromatic rings. The lowest BCUT2D eigenvalue weighted by Gasteiger charge is -2.18. The summed E-state index contributed by atoms with van der Waals surface area (Å²) in [6.45, 7) is 7.14. The summed E-state index contributed by atoms with van der Waals surface area (Å²) >= 11 is 0. The third kappa shape index (κ3) is 5.41. The van der Waals surface area contributed by atoms with E-state index in [0.717, 1.165) is 5.56 Å². The number of carbonyl (C=O) groups excluding carboxylic acids is 4. The molecule has 0 unspecified atom stereocenters. The van der Waals surface area contributed by atoms with Crippen LogP contribution in [0, 0.1) is 12.8 Å². The number of ketones is 1. The molecule has 0 saturated carbocycles. The zero-order valence-corrected chi connectivity index (χ0v) is 18.7. The molecule has 0 radical (unpaired) electrons. The lowest BCUT2D eigenvalue weighted by Crippen LogP contribution is -2.30. The van der Waals surface area contributed by atoms with Crippen molar-refractivity contribution < 1.29 is 28.7 Å². The van der Waals surface area contributed by atoms with E-state index in [1.54, 1.807) is 50.2 Å². The number of hydrogen-bond donors (Lipinski definition) is 0. The van der Waals surface area contributed by atoms with E-state index >= 15 is 0 Å². The van der Waals surface area contributed by atoms with Crippen molar-refractivity contribution >= 4 is 29.3 Å². The van der Waals surface area contributed by atoms with Gasteiger partial charge in [0.05, 0.1) is 17.6 Å². The molecule has 0 aliphatic carbocycles. The lowest BCUT2D eigenvalue weighted by molar-refractivity contribution is -0.151. The van der Waals surface area contributed by atoms with Crippen molar-refractivity contribution in [1.29, 1.82) is 0 Å². The molecule has 1 aliphatic rings. The summed E-state index contributed by atoms with van der Waals surface area (Å²) < 4.78 is 10.5. The van der Waals surface area contributed by atoms with Gasteiger partial charge in [0.15, 0.2) is 6.10 Å². The fourth-order valence-corrected chi connectivity index (χ4v) is 3.45. The van der Waals surface area contributed by atoms with Crippen LogP contribution < -0.4 is 4.90 Å². The minimum atomic E-state index is -0.944. The van der Waals surface area contributed by atoms with Crippen LogP contribution in [0.1, 0.15) is 53.5 Å². The van der Waals surface area contributed by atoms with Gasteiger partial charge in [0.2, 0.25) is 11.7 Å². The fraction of sp³-hybridized carbons (Fsp3) is 0.360. The molecule has 168 valence electrons. The van der Waals surface area contributed by atoms with Crippen molar-refractivity contribution in [3.63, 3.8) is 0 Å². The monoisotopic (exact) mass is 437 g/mol. The number of anilines is 1. The van der Waals surface area contributed by atoms with Gasteiger partial charge in [-0.05, 0) is 52.0 Å². The number of ether oxygens (including phenoxy) is 2. The maximum atomic E-state index is 12.6. The zero-order chi connectivity index (χ0) is 23.4. The topological polar surface area (TPSA) is 90.0 Å². The first-order valence-corrected chi connectivity index (χ1v) is 10.6. The standard InChI is InChI=1S/C25H27NO6/c1-15(2)31-24(29)19-9-11-21(12-10-19)26-14-20(13-22(26)27)25(30)32-17(4)23(28)18-7-5-16(3)6-8-18/h5-12,15,17,20H,13-14H2,1-4H3/t17-,20+/m1/s1. The van der Waals surface area contributed by atoms with Crippen molar-refractivity contribution in [2.24, 2.45) is 5.92 Å². The fourth-order valence-electron chi connectivity index (χ4n) is 3.45. The molecule has 0 spiro atoms. The van der Waals surface area contributed by atoms with Crippen molar-refractivity contribution in [3.8, 4) is 0 Å². The summed E-state index contributed by atoms with van der Waals surface area (Å²) in [4.78, 5) is 51.1. The predicted molar refractivity (Wildman–Crippen MR) is 119 cm³/mol. The minimum Gasteiger partial charge on any atom is -0.459 e. The summed E-state index contributed by atoms with van der Waals surface area (Å²) in [5.41, 5.74) is 2.46. The Kier molecular flexibility index (Phi) is 7.08. The zero-order valence-electron chi connectivity index (χ0n) is 18.7. The maximum Gasteiger partial charge on any atom is 0.338 e. The van der Waals surface area contributed by atoms with Gasteiger partial charge in [-0.3, -0.25) is 14.4 Å². The van der Waals surface area contributed by atoms with Crippen LogP contribution in [0.5, 0.6) is 0 Å². The van der Waals surface area contributed by atoms with Gasteiger partial charge in [-0.15, -0.1) is 0 Å². The molecule has 1 aliphatic heterocycles. The average Bonchev–Trinajstić information content (AvgIpc) is 3.15. The molecule has 0 aromatic heterocycles. The van der Waals surface area contributed by atoms with E-state index in [4.69, 9.17) is 9.47 Å². The van der Waals surface area contributed by atoms with Crippen LogP contribution in [0.2, 0.25) is 0 Å². The van der Waals surface area contributed by atoms with E-state index in [9.17, 15) is 19.2 Å². The van der Waals surface area contributed by atoms with Crippen LogP contribution >= 0.6 is 0 Å². The molecule has 0 bridgehead atoms. The number of hydrogen-bond acceptors (Lipinski definition) is 6. The summed E-state index contributed by atoms with van der Waals surface area (Å²) in [6.07, 6.45) is -1.17. The molecular formula is C25H27NO6. The van der Waals surface area contributed by atoms with Gasteiger partial charge < -0.3 is 14.4 Å². The number of amides is 1. The quantitative estimate of drug-likeness (QED) is 0.484. The lowest BCUT2D eigenvalue weighted by atomic mass is 10.1.